The van der Waals surface area contributed by atoms with E-state index in [0.29, 0.717) is 0 Å². The van der Waals surface area contributed by atoms with Crippen molar-refractivity contribution in [2.75, 3.05) is 0 Å². The first-order valence-electron chi connectivity index (χ1n) is 6.17. The molecule has 3 nitrogen and oxygen atoms in total. The predicted octanol–water partition coefficient (Wildman–Crippen LogP) is 4.06. The Morgan fingerprint density at radius 1 is 0.900 bits per heavy atom. The molecule has 0 spiro atoms. The highest BCUT2D eigenvalue weighted by atomic mass is 14.8. The van der Waals surface area contributed by atoms with Gasteiger partial charge < -0.3 is 0 Å². The van der Waals surface area contributed by atoms with E-state index in [-0.39, 0.29) is 0 Å². The maximum Gasteiger partial charge on any atom is 0.115 e. The second-order valence-corrected chi connectivity index (χ2v) is 3.62. The van der Waals surface area contributed by atoms with Crippen molar-refractivity contribution in [2.45, 2.75) is 6.92 Å². The Morgan fingerprint density at radius 3 is 2.00 bits per heavy atom. The maximum absolute atomic E-state index is 4.01. The molecular weight excluding hydrogens is 246 g/mol. The van der Waals surface area contributed by atoms with Crippen molar-refractivity contribution in [1.82, 2.24) is 15.0 Å². The van der Waals surface area contributed by atoms with E-state index < -0.39 is 0 Å². The van der Waals surface area contributed by atoms with Crippen LogP contribution in [-0.4, -0.2) is 15.0 Å². The van der Waals surface area contributed by atoms with E-state index in [0.717, 1.165) is 0 Å². The van der Waals surface area contributed by atoms with Crippen molar-refractivity contribution >= 4 is 10.8 Å². The Bertz CT molecular complexity index is 552. The molecule has 0 saturated heterocycles. The quantitative estimate of drug-likeness (QED) is 0.574. The fourth-order valence-corrected chi connectivity index (χ4v) is 1.28. The van der Waals surface area contributed by atoms with E-state index in [1.165, 1.54) is 17.1 Å². The molecule has 0 fully saturated rings. The molecule has 2 aromatic heterocycles. The van der Waals surface area contributed by atoms with E-state index in [2.05, 4.69) is 39.4 Å². The third-order valence-electron chi connectivity index (χ3n) is 2.23. The zero-order valence-electron chi connectivity index (χ0n) is 11.5. The van der Waals surface area contributed by atoms with Crippen molar-refractivity contribution in [1.29, 1.82) is 0 Å². The summed E-state index contributed by atoms with van der Waals surface area (Å²) in [6.45, 7) is 5.18. The van der Waals surface area contributed by atoms with Gasteiger partial charge in [0.2, 0.25) is 0 Å². The molecule has 0 N–H and O–H groups in total. The van der Waals surface area contributed by atoms with Crippen LogP contribution in [0.3, 0.4) is 0 Å². The van der Waals surface area contributed by atoms with Crippen molar-refractivity contribution in [3.8, 4) is 0 Å². The second kappa shape index (κ2) is 10.2. The lowest BCUT2D eigenvalue weighted by atomic mass is 10.2. The Kier molecular flexibility index (Phi) is 7.78. The molecule has 1 aromatic carbocycles. The SMILES string of the molecule is C=C=CC.c1ccc2cnccc2c1.c1cncnc1. The van der Waals surface area contributed by atoms with Crippen LogP contribution in [0, 0.1) is 0 Å². The van der Waals surface area contributed by atoms with E-state index in [1.807, 2.05) is 37.5 Å². The summed E-state index contributed by atoms with van der Waals surface area (Å²) >= 11 is 0. The van der Waals surface area contributed by atoms with Crippen LogP contribution in [0.5, 0.6) is 0 Å². The summed E-state index contributed by atoms with van der Waals surface area (Å²) in [7, 11) is 0. The summed E-state index contributed by atoms with van der Waals surface area (Å²) in [5.41, 5.74) is 2.56. The van der Waals surface area contributed by atoms with Gasteiger partial charge in [0, 0.05) is 24.8 Å². The molecule has 0 atom stereocenters. The van der Waals surface area contributed by atoms with Crippen LogP contribution in [0.1, 0.15) is 6.92 Å². The van der Waals surface area contributed by atoms with Crippen LogP contribution in [0.25, 0.3) is 10.8 Å². The first-order chi connectivity index (χ1) is 9.88. The minimum absolute atomic E-state index is 1.20. The monoisotopic (exact) mass is 263 g/mol. The zero-order valence-corrected chi connectivity index (χ0v) is 11.5. The molecular formula is C17H17N3. The summed E-state index contributed by atoms with van der Waals surface area (Å²) in [4.78, 5) is 11.4. The molecule has 0 unspecified atom stereocenters. The van der Waals surface area contributed by atoms with Gasteiger partial charge in [0.15, 0.2) is 0 Å². The second-order valence-electron chi connectivity index (χ2n) is 3.62. The van der Waals surface area contributed by atoms with Gasteiger partial charge in [-0.25, -0.2) is 9.97 Å². The number of hydrogen-bond acceptors (Lipinski definition) is 3. The van der Waals surface area contributed by atoms with Gasteiger partial charge in [-0.15, -0.1) is 5.73 Å². The Hall–Kier alpha value is -2.77. The van der Waals surface area contributed by atoms with Gasteiger partial charge in [0.25, 0.3) is 0 Å². The number of benzene rings is 1. The molecule has 100 valence electrons. The highest BCUT2D eigenvalue weighted by Crippen LogP contribution is 2.09. The molecule has 3 heteroatoms. The maximum atomic E-state index is 4.01. The van der Waals surface area contributed by atoms with Gasteiger partial charge in [-0.05, 0) is 35.9 Å². The topological polar surface area (TPSA) is 38.7 Å². The van der Waals surface area contributed by atoms with Gasteiger partial charge >= 0.3 is 0 Å². The van der Waals surface area contributed by atoms with Crippen molar-refractivity contribution < 1.29 is 0 Å². The average molecular weight is 263 g/mol. The van der Waals surface area contributed by atoms with Gasteiger partial charge in [0.05, 0.1) is 0 Å². The summed E-state index contributed by atoms with van der Waals surface area (Å²) < 4.78 is 0. The fraction of sp³-hybridized carbons (Fsp3) is 0.0588. The largest absolute Gasteiger partial charge is 0.264 e. The highest BCUT2D eigenvalue weighted by molar-refractivity contribution is 5.80. The number of aromatic nitrogens is 3. The molecule has 0 bridgehead atoms. The van der Waals surface area contributed by atoms with Crippen molar-refractivity contribution in [3.05, 3.63) is 85.9 Å². The molecule has 2 heterocycles. The first-order valence-corrected chi connectivity index (χ1v) is 6.17. The minimum atomic E-state index is 1.20. The van der Waals surface area contributed by atoms with E-state index in [4.69, 9.17) is 0 Å². The lowest BCUT2D eigenvalue weighted by Gasteiger charge is -1.91. The molecule has 3 aromatic rings. The average Bonchev–Trinajstić information content (AvgIpc) is 2.57. The van der Waals surface area contributed by atoms with Crippen LogP contribution in [0.15, 0.2) is 85.9 Å². The molecule has 0 saturated carbocycles. The number of rotatable bonds is 0. The van der Waals surface area contributed by atoms with Gasteiger partial charge in [-0.2, -0.15) is 0 Å². The molecule has 0 amide bonds. The van der Waals surface area contributed by atoms with E-state index >= 15 is 0 Å². The molecule has 20 heavy (non-hydrogen) atoms. The fourth-order valence-electron chi connectivity index (χ4n) is 1.28. The molecule has 0 radical (unpaired) electrons. The van der Waals surface area contributed by atoms with Gasteiger partial charge in [0.1, 0.15) is 6.33 Å². The third kappa shape index (κ3) is 6.24. The predicted molar refractivity (Wildman–Crippen MR) is 83.2 cm³/mol. The van der Waals surface area contributed by atoms with E-state index in [1.54, 1.807) is 24.5 Å². The number of allylic oxidation sites excluding steroid dienone is 1. The van der Waals surface area contributed by atoms with Gasteiger partial charge in [-0.3, -0.25) is 4.98 Å². The van der Waals surface area contributed by atoms with Crippen LogP contribution in [-0.2, 0) is 0 Å². The number of pyridine rings is 1. The standard InChI is InChI=1S/C9H7N.C4H4N2.C4H6/c1-2-4-9-7-10-6-5-8(9)3-1;1-2-5-4-6-3-1;1-3-4-2/h1-7H;1-4H;4H,1H2,2H3. The van der Waals surface area contributed by atoms with Gasteiger partial charge in [-0.1, -0.05) is 30.8 Å². The van der Waals surface area contributed by atoms with Crippen LogP contribution in [0.2, 0.25) is 0 Å². The first kappa shape index (κ1) is 15.3. The molecule has 0 aliphatic rings. The smallest absolute Gasteiger partial charge is 0.115 e. The third-order valence-corrected chi connectivity index (χ3v) is 2.23. The summed E-state index contributed by atoms with van der Waals surface area (Å²) in [5.74, 6) is 0. The summed E-state index contributed by atoms with van der Waals surface area (Å²) in [6, 6.07) is 12.0. The lowest BCUT2D eigenvalue weighted by molar-refractivity contribution is 1.17. The molecule has 0 aliphatic heterocycles. The Labute approximate surface area is 119 Å². The summed E-state index contributed by atoms with van der Waals surface area (Å²) in [6.07, 6.45) is 10.3. The van der Waals surface area contributed by atoms with Crippen LogP contribution in [0.4, 0.5) is 0 Å². The normalized spacial score (nSPS) is 8.25. The molecule has 3 rings (SSSR count). The number of hydrogen-bond donors (Lipinski definition) is 0. The van der Waals surface area contributed by atoms with E-state index in [9.17, 15) is 0 Å². The zero-order chi connectivity index (χ0) is 14.5. The van der Waals surface area contributed by atoms with Crippen molar-refractivity contribution in [3.63, 3.8) is 0 Å². The Balaban J connectivity index is 0.000000172. The van der Waals surface area contributed by atoms with Crippen LogP contribution < -0.4 is 0 Å². The van der Waals surface area contributed by atoms with Crippen molar-refractivity contribution in [2.24, 2.45) is 0 Å². The minimum Gasteiger partial charge on any atom is -0.264 e. The lowest BCUT2D eigenvalue weighted by Crippen LogP contribution is -1.71. The number of fused-ring (bicyclic) bond motifs is 1. The Morgan fingerprint density at radius 2 is 1.55 bits per heavy atom. The molecule has 0 aliphatic carbocycles. The highest BCUT2D eigenvalue weighted by Gasteiger charge is 1.86. The summed E-state index contributed by atoms with van der Waals surface area (Å²) in [5, 5.41) is 2.45. The van der Waals surface area contributed by atoms with Crippen LogP contribution >= 0.6 is 0 Å². The number of nitrogens with zero attached hydrogens (tertiary/aromatic N) is 3.